The van der Waals surface area contributed by atoms with Gasteiger partial charge in [-0.05, 0) is 49.9 Å². The van der Waals surface area contributed by atoms with Crippen molar-refractivity contribution < 1.29 is 9.90 Å². The number of rotatable bonds is 6. The standard InChI is InChI=1S/C17H22N4O2/c1-2-3-6-15-16(17(22)23)18-19-21(15)14-9-7-13(8-10-14)20-11-4-5-12-20/h7-10H,2-6,11-12H2,1H3,(H,22,23). The summed E-state index contributed by atoms with van der Waals surface area (Å²) in [6, 6.07) is 8.13. The Morgan fingerprint density at radius 3 is 2.43 bits per heavy atom. The first-order valence-corrected chi connectivity index (χ1v) is 8.24. The van der Waals surface area contributed by atoms with Crippen LogP contribution in [0.15, 0.2) is 24.3 Å². The van der Waals surface area contributed by atoms with E-state index in [0.29, 0.717) is 12.1 Å². The van der Waals surface area contributed by atoms with Gasteiger partial charge in [0.2, 0.25) is 0 Å². The van der Waals surface area contributed by atoms with Crippen molar-refractivity contribution in [3.8, 4) is 5.69 Å². The van der Waals surface area contributed by atoms with Crippen LogP contribution >= 0.6 is 0 Å². The second kappa shape index (κ2) is 6.81. The first-order chi connectivity index (χ1) is 11.2. The highest BCUT2D eigenvalue weighted by atomic mass is 16.4. The molecule has 1 aliphatic heterocycles. The molecule has 0 bridgehead atoms. The van der Waals surface area contributed by atoms with Crippen LogP contribution in [-0.4, -0.2) is 39.2 Å². The summed E-state index contributed by atoms with van der Waals surface area (Å²) in [6.07, 6.45) is 5.07. The maximum absolute atomic E-state index is 11.3. The predicted octanol–water partition coefficient (Wildman–Crippen LogP) is 2.91. The van der Waals surface area contributed by atoms with Crippen LogP contribution < -0.4 is 4.90 Å². The van der Waals surface area contributed by atoms with E-state index >= 15 is 0 Å². The molecule has 1 aliphatic rings. The van der Waals surface area contributed by atoms with E-state index in [-0.39, 0.29) is 5.69 Å². The molecule has 0 spiro atoms. The van der Waals surface area contributed by atoms with Gasteiger partial charge in [-0.25, -0.2) is 9.48 Å². The number of aromatic carboxylic acids is 1. The first-order valence-electron chi connectivity index (χ1n) is 8.24. The van der Waals surface area contributed by atoms with Crippen LogP contribution in [0.1, 0.15) is 48.8 Å². The van der Waals surface area contributed by atoms with Gasteiger partial charge >= 0.3 is 5.97 Å². The second-order valence-electron chi connectivity index (χ2n) is 5.92. The fourth-order valence-corrected chi connectivity index (χ4v) is 3.02. The number of carboxylic acid groups (broad SMARTS) is 1. The lowest BCUT2D eigenvalue weighted by Crippen LogP contribution is -2.17. The highest BCUT2D eigenvalue weighted by molar-refractivity contribution is 5.86. The van der Waals surface area contributed by atoms with Gasteiger partial charge in [0, 0.05) is 18.8 Å². The highest BCUT2D eigenvalue weighted by Crippen LogP contribution is 2.23. The van der Waals surface area contributed by atoms with Crippen molar-refractivity contribution in [2.75, 3.05) is 18.0 Å². The molecule has 1 aromatic heterocycles. The molecule has 1 aromatic carbocycles. The van der Waals surface area contributed by atoms with Crippen LogP contribution in [0.2, 0.25) is 0 Å². The summed E-state index contributed by atoms with van der Waals surface area (Å²) in [5.41, 5.74) is 2.80. The molecule has 2 aromatic rings. The van der Waals surface area contributed by atoms with Crippen LogP contribution in [0.25, 0.3) is 5.69 Å². The minimum Gasteiger partial charge on any atom is -0.476 e. The van der Waals surface area contributed by atoms with Crippen LogP contribution in [0.4, 0.5) is 5.69 Å². The maximum atomic E-state index is 11.3. The van der Waals surface area contributed by atoms with Gasteiger partial charge in [-0.1, -0.05) is 18.6 Å². The summed E-state index contributed by atoms with van der Waals surface area (Å²) in [5, 5.41) is 17.2. The van der Waals surface area contributed by atoms with E-state index in [9.17, 15) is 9.90 Å². The zero-order chi connectivity index (χ0) is 16.2. The summed E-state index contributed by atoms with van der Waals surface area (Å²) >= 11 is 0. The third-order valence-corrected chi connectivity index (χ3v) is 4.30. The van der Waals surface area contributed by atoms with Gasteiger partial charge < -0.3 is 10.0 Å². The van der Waals surface area contributed by atoms with E-state index in [1.54, 1.807) is 4.68 Å². The van der Waals surface area contributed by atoms with E-state index in [2.05, 4.69) is 34.3 Å². The number of hydrogen-bond donors (Lipinski definition) is 1. The number of anilines is 1. The fourth-order valence-electron chi connectivity index (χ4n) is 3.02. The lowest BCUT2D eigenvalue weighted by Gasteiger charge is -2.17. The second-order valence-corrected chi connectivity index (χ2v) is 5.92. The molecule has 0 radical (unpaired) electrons. The Morgan fingerprint density at radius 1 is 1.17 bits per heavy atom. The van der Waals surface area contributed by atoms with Crippen molar-refractivity contribution in [3.05, 3.63) is 35.7 Å². The van der Waals surface area contributed by atoms with E-state index in [1.807, 2.05) is 12.1 Å². The topological polar surface area (TPSA) is 71.2 Å². The molecule has 2 heterocycles. The first kappa shape index (κ1) is 15.5. The number of carbonyl (C=O) groups is 1. The average Bonchev–Trinajstić information content (AvgIpc) is 3.22. The molecule has 0 saturated carbocycles. The third kappa shape index (κ3) is 3.21. The van der Waals surface area contributed by atoms with E-state index in [1.165, 1.54) is 18.5 Å². The minimum absolute atomic E-state index is 0.0575. The zero-order valence-electron chi connectivity index (χ0n) is 13.4. The van der Waals surface area contributed by atoms with Crippen molar-refractivity contribution in [2.45, 2.75) is 39.0 Å². The fraction of sp³-hybridized carbons (Fsp3) is 0.471. The molecule has 6 heteroatoms. The summed E-state index contributed by atoms with van der Waals surface area (Å²) in [4.78, 5) is 13.7. The molecule has 0 atom stereocenters. The molecule has 1 saturated heterocycles. The van der Waals surface area contributed by atoms with Gasteiger partial charge in [0.1, 0.15) is 0 Å². The lowest BCUT2D eigenvalue weighted by molar-refractivity contribution is 0.0689. The third-order valence-electron chi connectivity index (χ3n) is 4.30. The highest BCUT2D eigenvalue weighted by Gasteiger charge is 2.19. The maximum Gasteiger partial charge on any atom is 0.358 e. The van der Waals surface area contributed by atoms with E-state index in [0.717, 1.165) is 31.6 Å². The normalized spacial score (nSPS) is 14.4. The predicted molar refractivity (Wildman–Crippen MR) is 88.4 cm³/mol. The van der Waals surface area contributed by atoms with Gasteiger partial charge in [0.05, 0.1) is 11.4 Å². The zero-order valence-corrected chi connectivity index (χ0v) is 13.4. The average molecular weight is 314 g/mol. The van der Waals surface area contributed by atoms with Crippen LogP contribution in [0, 0.1) is 0 Å². The monoisotopic (exact) mass is 314 g/mol. The Labute approximate surface area is 135 Å². The smallest absolute Gasteiger partial charge is 0.358 e. The number of unbranched alkanes of at least 4 members (excludes halogenated alkanes) is 1. The van der Waals surface area contributed by atoms with Crippen LogP contribution in [0.5, 0.6) is 0 Å². The number of hydrogen-bond acceptors (Lipinski definition) is 4. The molecule has 1 fully saturated rings. The van der Waals surface area contributed by atoms with Gasteiger partial charge in [0.25, 0.3) is 0 Å². The van der Waals surface area contributed by atoms with Crippen molar-refractivity contribution in [2.24, 2.45) is 0 Å². The Balaban J connectivity index is 1.89. The van der Waals surface area contributed by atoms with E-state index < -0.39 is 5.97 Å². The number of nitrogens with zero attached hydrogens (tertiary/aromatic N) is 4. The molecule has 0 amide bonds. The summed E-state index contributed by atoms with van der Waals surface area (Å²) in [7, 11) is 0. The van der Waals surface area contributed by atoms with Gasteiger partial charge in [-0.2, -0.15) is 0 Å². The summed E-state index contributed by atoms with van der Waals surface area (Å²) < 4.78 is 1.66. The van der Waals surface area contributed by atoms with Crippen molar-refractivity contribution in [1.29, 1.82) is 0 Å². The van der Waals surface area contributed by atoms with Crippen molar-refractivity contribution >= 4 is 11.7 Å². The molecule has 0 aliphatic carbocycles. The number of aromatic nitrogens is 3. The quantitative estimate of drug-likeness (QED) is 0.887. The Kier molecular flexibility index (Phi) is 4.60. The molecule has 6 nitrogen and oxygen atoms in total. The SMILES string of the molecule is CCCCc1c(C(=O)O)nnn1-c1ccc(N2CCCC2)cc1. The largest absolute Gasteiger partial charge is 0.476 e. The Morgan fingerprint density at radius 2 is 1.83 bits per heavy atom. The van der Waals surface area contributed by atoms with Crippen molar-refractivity contribution in [1.82, 2.24) is 15.0 Å². The number of benzene rings is 1. The number of carboxylic acids is 1. The van der Waals surface area contributed by atoms with E-state index in [4.69, 9.17) is 0 Å². The Hall–Kier alpha value is -2.37. The van der Waals surface area contributed by atoms with Gasteiger partial charge in [-0.15, -0.1) is 5.10 Å². The van der Waals surface area contributed by atoms with Crippen molar-refractivity contribution in [3.63, 3.8) is 0 Å². The molecule has 23 heavy (non-hydrogen) atoms. The lowest BCUT2D eigenvalue weighted by atomic mass is 10.1. The molecular weight excluding hydrogens is 292 g/mol. The van der Waals surface area contributed by atoms with Crippen LogP contribution in [-0.2, 0) is 6.42 Å². The minimum atomic E-state index is -1.02. The summed E-state index contributed by atoms with van der Waals surface area (Å²) in [5.74, 6) is -1.02. The molecule has 0 unspecified atom stereocenters. The Bertz CT molecular complexity index is 672. The summed E-state index contributed by atoms with van der Waals surface area (Å²) in [6.45, 7) is 4.29. The molecular formula is C17H22N4O2. The molecule has 3 rings (SSSR count). The van der Waals surface area contributed by atoms with Crippen LogP contribution in [0.3, 0.4) is 0 Å². The van der Waals surface area contributed by atoms with Gasteiger partial charge in [0.15, 0.2) is 5.69 Å². The molecule has 1 N–H and O–H groups in total. The molecule has 122 valence electrons. The van der Waals surface area contributed by atoms with Gasteiger partial charge in [-0.3, -0.25) is 0 Å².